The quantitative estimate of drug-likeness (QED) is 0.447. The first-order chi connectivity index (χ1) is 17.0. The van der Waals surface area contributed by atoms with Gasteiger partial charge >= 0.3 is 0 Å². The first-order valence-electron chi connectivity index (χ1n) is 11.8. The molecule has 1 unspecified atom stereocenters. The Labute approximate surface area is 207 Å². The van der Waals surface area contributed by atoms with Gasteiger partial charge in [-0.15, -0.1) is 0 Å². The summed E-state index contributed by atoms with van der Waals surface area (Å²) in [6.45, 7) is 7.54. The molecule has 0 amide bonds. The second kappa shape index (κ2) is 8.66. The van der Waals surface area contributed by atoms with Gasteiger partial charge in [-0.1, -0.05) is 17.7 Å². The average Bonchev–Trinajstić information content (AvgIpc) is 3.22. The minimum Gasteiger partial charge on any atom is -0.506 e. The lowest BCUT2D eigenvalue weighted by atomic mass is 9.93. The zero-order chi connectivity index (χ0) is 24.1. The number of aromatic hydroxyl groups is 1. The summed E-state index contributed by atoms with van der Waals surface area (Å²) in [4.78, 5) is 26.4. The highest BCUT2D eigenvalue weighted by Crippen LogP contribution is 2.42. The molecule has 1 saturated heterocycles. The Bertz CT molecular complexity index is 1380. The molecule has 4 aromatic rings. The van der Waals surface area contributed by atoms with Crippen molar-refractivity contribution in [1.82, 2.24) is 24.9 Å². The summed E-state index contributed by atoms with van der Waals surface area (Å²) in [6, 6.07) is 7.44. The van der Waals surface area contributed by atoms with Crippen LogP contribution >= 0.6 is 11.6 Å². The van der Waals surface area contributed by atoms with E-state index in [1.165, 1.54) is 0 Å². The Balaban J connectivity index is 1.48. The molecule has 10 heteroatoms. The maximum Gasteiger partial charge on any atom is 0.229 e. The second-order valence-electron chi connectivity index (χ2n) is 8.99. The first kappa shape index (κ1) is 22.1. The van der Waals surface area contributed by atoms with Crippen molar-refractivity contribution in [2.24, 2.45) is 0 Å². The predicted molar refractivity (Wildman–Crippen MR) is 134 cm³/mol. The van der Waals surface area contributed by atoms with Crippen LogP contribution in [0.3, 0.4) is 0 Å². The topological polar surface area (TPSA) is 103 Å². The lowest BCUT2D eigenvalue weighted by Crippen LogP contribution is -2.38. The number of pyridine rings is 1. The predicted octanol–water partition coefficient (Wildman–Crippen LogP) is 3.71. The van der Waals surface area contributed by atoms with Gasteiger partial charge in [0.2, 0.25) is 5.95 Å². The molecule has 180 valence electrons. The van der Waals surface area contributed by atoms with Gasteiger partial charge in [-0.2, -0.15) is 9.97 Å². The van der Waals surface area contributed by atoms with Crippen molar-refractivity contribution in [3.63, 3.8) is 0 Å². The molecule has 2 aliphatic heterocycles. The van der Waals surface area contributed by atoms with Crippen LogP contribution < -0.4 is 9.80 Å². The van der Waals surface area contributed by atoms with E-state index in [9.17, 15) is 5.11 Å². The molecular formula is C25H26ClN7O2. The summed E-state index contributed by atoms with van der Waals surface area (Å²) in [5.41, 5.74) is 3.82. The summed E-state index contributed by atoms with van der Waals surface area (Å²) < 4.78 is 5.48. The number of aromatic amines is 1. The highest BCUT2D eigenvalue weighted by atomic mass is 35.5. The molecule has 2 N–H and O–H groups in total. The molecule has 9 nitrogen and oxygen atoms in total. The van der Waals surface area contributed by atoms with Crippen molar-refractivity contribution < 1.29 is 9.84 Å². The van der Waals surface area contributed by atoms with E-state index in [1.807, 2.05) is 26.1 Å². The lowest BCUT2D eigenvalue weighted by molar-refractivity contribution is 0.122. The molecule has 2 aliphatic rings. The number of hydrogen-bond acceptors (Lipinski definition) is 8. The number of fused-ring (bicyclic) bond motifs is 3. The van der Waals surface area contributed by atoms with Gasteiger partial charge in [-0.3, -0.25) is 0 Å². The number of phenolic OH excluding ortho intramolecular Hbond substituents is 1. The fraction of sp³-hybridized carbons (Fsp3) is 0.360. The van der Waals surface area contributed by atoms with Crippen LogP contribution in [0.25, 0.3) is 10.9 Å². The van der Waals surface area contributed by atoms with Crippen molar-refractivity contribution in [1.29, 1.82) is 0 Å². The van der Waals surface area contributed by atoms with E-state index in [-0.39, 0.29) is 11.8 Å². The normalized spacial score (nSPS) is 18.2. The van der Waals surface area contributed by atoms with Crippen molar-refractivity contribution in [2.75, 3.05) is 42.6 Å². The van der Waals surface area contributed by atoms with E-state index >= 15 is 0 Å². The molecule has 0 saturated carbocycles. The molecule has 0 aliphatic carbocycles. The molecule has 5 heterocycles. The van der Waals surface area contributed by atoms with Crippen LogP contribution in [0.15, 0.2) is 30.5 Å². The fourth-order valence-electron chi connectivity index (χ4n) is 5.16. The van der Waals surface area contributed by atoms with E-state index in [1.54, 1.807) is 6.07 Å². The van der Waals surface area contributed by atoms with E-state index in [0.717, 1.165) is 47.5 Å². The highest BCUT2D eigenvalue weighted by Gasteiger charge is 2.34. The standard InChI is InChI=1S/C25H26ClN7O2/c1-14-28-15(2)30-25(29-14)33-6-5-18-19-11-17(26)12-20(34)22(19)31-23(18)24(33)16-3-4-21(27-13-16)32-7-9-35-10-8-32/h3-4,11-13,24,31,34H,5-10H2,1-2H3. The van der Waals surface area contributed by atoms with E-state index in [2.05, 4.69) is 41.9 Å². The molecule has 1 fully saturated rings. The SMILES string of the molecule is Cc1nc(C)nc(N2CCc3c([nH]c4c(O)cc(Cl)cc34)C2c2ccc(N3CCOCC3)nc2)n1. The van der Waals surface area contributed by atoms with Gasteiger partial charge in [0.1, 0.15) is 23.2 Å². The van der Waals surface area contributed by atoms with E-state index in [0.29, 0.717) is 47.9 Å². The fourth-order valence-corrected chi connectivity index (χ4v) is 5.38. The van der Waals surface area contributed by atoms with Crippen LogP contribution in [-0.2, 0) is 11.2 Å². The minimum atomic E-state index is -0.211. The Kier molecular flexibility index (Phi) is 5.46. The number of nitrogens with one attached hydrogen (secondary N) is 1. The largest absolute Gasteiger partial charge is 0.506 e. The van der Waals surface area contributed by atoms with Gasteiger partial charge in [-0.25, -0.2) is 9.97 Å². The van der Waals surface area contributed by atoms with Gasteiger partial charge in [0.05, 0.1) is 24.8 Å². The molecule has 0 bridgehead atoms. The van der Waals surface area contributed by atoms with E-state index < -0.39 is 0 Å². The molecule has 6 rings (SSSR count). The summed E-state index contributed by atoms with van der Waals surface area (Å²) >= 11 is 6.29. The smallest absolute Gasteiger partial charge is 0.229 e. The molecule has 0 spiro atoms. The maximum atomic E-state index is 10.6. The van der Waals surface area contributed by atoms with Crippen LogP contribution in [0.5, 0.6) is 5.75 Å². The third-order valence-electron chi connectivity index (χ3n) is 6.71. The average molecular weight is 492 g/mol. The number of benzene rings is 1. The third-order valence-corrected chi connectivity index (χ3v) is 6.92. The third kappa shape index (κ3) is 3.94. The maximum absolute atomic E-state index is 10.6. The van der Waals surface area contributed by atoms with Crippen molar-refractivity contribution >= 4 is 34.3 Å². The van der Waals surface area contributed by atoms with Gasteiger partial charge in [-0.05, 0) is 43.5 Å². The number of halogens is 1. The number of anilines is 2. The molecular weight excluding hydrogens is 466 g/mol. The Morgan fingerprint density at radius 3 is 2.54 bits per heavy atom. The number of aryl methyl sites for hydroxylation is 2. The van der Waals surface area contributed by atoms with Crippen molar-refractivity contribution in [2.45, 2.75) is 26.3 Å². The number of ether oxygens (including phenoxy) is 1. The van der Waals surface area contributed by atoms with Gasteiger partial charge in [0, 0.05) is 48.0 Å². The first-order valence-corrected chi connectivity index (χ1v) is 12.1. The number of H-pyrrole nitrogens is 1. The Morgan fingerprint density at radius 2 is 1.83 bits per heavy atom. The summed E-state index contributed by atoms with van der Waals surface area (Å²) in [7, 11) is 0. The van der Waals surface area contributed by atoms with E-state index in [4.69, 9.17) is 21.3 Å². The lowest BCUT2D eigenvalue weighted by Gasteiger charge is -2.36. The number of rotatable bonds is 3. The van der Waals surface area contributed by atoms with Crippen LogP contribution in [0.4, 0.5) is 11.8 Å². The van der Waals surface area contributed by atoms with Crippen LogP contribution in [0.2, 0.25) is 5.02 Å². The zero-order valence-corrected chi connectivity index (χ0v) is 20.4. The number of nitrogens with zero attached hydrogens (tertiary/aromatic N) is 6. The summed E-state index contributed by atoms with van der Waals surface area (Å²) in [6.07, 6.45) is 2.69. The van der Waals surface area contributed by atoms with Crippen molar-refractivity contribution in [3.8, 4) is 5.75 Å². The Morgan fingerprint density at radius 1 is 1.06 bits per heavy atom. The molecule has 1 aromatic carbocycles. The van der Waals surface area contributed by atoms with Crippen LogP contribution in [0.1, 0.15) is 34.5 Å². The number of phenols is 1. The van der Waals surface area contributed by atoms with Gasteiger partial charge in [0.15, 0.2) is 0 Å². The molecule has 1 atom stereocenters. The monoisotopic (exact) mass is 491 g/mol. The van der Waals surface area contributed by atoms with Gasteiger partial charge < -0.3 is 24.6 Å². The molecule has 3 aromatic heterocycles. The van der Waals surface area contributed by atoms with Crippen LogP contribution in [-0.4, -0.2) is 62.9 Å². The Hall–Kier alpha value is -3.43. The number of morpholine rings is 1. The zero-order valence-electron chi connectivity index (χ0n) is 19.6. The van der Waals surface area contributed by atoms with Crippen molar-refractivity contribution in [3.05, 3.63) is 64.0 Å². The summed E-state index contributed by atoms with van der Waals surface area (Å²) in [5, 5.41) is 12.1. The second-order valence-corrected chi connectivity index (χ2v) is 9.43. The number of aromatic nitrogens is 5. The number of hydrogen-bond donors (Lipinski definition) is 2. The molecule has 35 heavy (non-hydrogen) atoms. The summed E-state index contributed by atoms with van der Waals surface area (Å²) in [5.74, 6) is 3.06. The van der Waals surface area contributed by atoms with Gasteiger partial charge in [0.25, 0.3) is 0 Å². The minimum absolute atomic E-state index is 0.139. The highest BCUT2D eigenvalue weighted by molar-refractivity contribution is 6.31. The van der Waals surface area contributed by atoms with Crippen LogP contribution in [0, 0.1) is 13.8 Å². The molecule has 0 radical (unpaired) electrons.